The van der Waals surface area contributed by atoms with Gasteiger partial charge in [0.15, 0.2) is 0 Å². The molecule has 3 rings (SSSR count). The van der Waals surface area contributed by atoms with Gasteiger partial charge in [0.1, 0.15) is 5.82 Å². The van der Waals surface area contributed by atoms with Crippen molar-refractivity contribution in [1.82, 2.24) is 10.3 Å². The highest BCUT2D eigenvalue weighted by molar-refractivity contribution is 5.86. The van der Waals surface area contributed by atoms with Crippen LogP contribution in [0, 0.1) is 5.82 Å². The number of benzene rings is 1. The predicted molar refractivity (Wildman–Crippen MR) is 76.6 cm³/mol. The van der Waals surface area contributed by atoms with Crippen molar-refractivity contribution in [2.45, 2.75) is 19.1 Å². The van der Waals surface area contributed by atoms with Crippen molar-refractivity contribution >= 4 is 10.8 Å². The number of rotatable bonds is 4. The van der Waals surface area contributed by atoms with Gasteiger partial charge in [-0.1, -0.05) is 6.07 Å². The fourth-order valence-electron chi connectivity index (χ4n) is 2.76. The highest BCUT2D eigenvalue weighted by Gasteiger charge is 2.24. The summed E-state index contributed by atoms with van der Waals surface area (Å²) in [5.41, 5.74) is 1.38. The lowest BCUT2D eigenvalue weighted by atomic mass is 9.96. The van der Waals surface area contributed by atoms with E-state index in [1.165, 1.54) is 12.1 Å². The number of aliphatic hydroxyl groups excluding tert-OH is 1. The number of halogens is 1. The van der Waals surface area contributed by atoms with Crippen molar-refractivity contribution in [2.24, 2.45) is 0 Å². The molecular weight excluding hydrogens is 275 g/mol. The summed E-state index contributed by atoms with van der Waals surface area (Å²) >= 11 is 0. The Morgan fingerprint density at radius 2 is 2.29 bits per heavy atom. The predicted octanol–water partition coefficient (Wildman–Crippen LogP) is 1.21. The molecule has 0 aliphatic carbocycles. The summed E-state index contributed by atoms with van der Waals surface area (Å²) in [6, 6.07) is 4.19. The summed E-state index contributed by atoms with van der Waals surface area (Å²) < 4.78 is 18.9. The molecule has 1 atom stereocenters. The van der Waals surface area contributed by atoms with Crippen molar-refractivity contribution < 1.29 is 14.2 Å². The van der Waals surface area contributed by atoms with Gasteiger partial charge in [-0.05, 0) is 30.5 Å². The number of hydrogen-bond acceptors (Lipinski definition) is 4. The van der Waals surface area contributed by atoms with Crippen molar-refractivity contribution in [1.29, 1.82) is 0 Å². The quantitative estimate of drug-likeness (QED) is 0.741. The van der Waals surface area contributed by atoms with Crippen molar-refractivity contribution in [3.63, 3.8) is 0 Å². The van der Waals surface area contributed by atoms with Gasteiger partial charge < -0.3 is 20.1 Å². The lowest BCUT2D eigenvalue weighted by molar-refractivity contribution is 0.0792. The number of aromatic nitrogens is 1. The second-order valence-corrected chi connectivity index (χ2v) is 5.14. The Kier molecular flexibility index (Phi) is 4.01. The fraction of sp³-hybridized carbons (Fsp3) is 0.400. The zero-order valence-electron chi connectivity index (χ0n) is 11.5. The van der Waals surface area contributed by atoms with Crippen LogP contribution in [-0.4, -0.2) is 29.8 Å². The van der Waals surface area contributed by atoms with Crippen LogP contribution in [0.1, 0.15) is 23.7 Å². The minimum Gasteiger partial charge on any atom is -0.396 e. The Hall–Kier alpha value is -1.76. The Morgan fingerprint density at radius 3 is 3.10 bits per heavy atom. The van der Waals surface area contributed by atoms with Crippen LogP contribution in [0.4, 0.5) is 4.39 Å². The average molecular weight is 292 g/mol. The fourth-order valence-corrected chi connectivity index (χ4v) is 2.76. The number of hydrogen-bond donors (Lipinski definition) is 3. The van der Waals surface area contributed by atoms with E-state index in [-0.39, 0.29) is 18.2 Å². The molecule has 6 heteroatoms. The molecule has 2 aromatic rings. The highest BCUT2D eigenvalue weighted by Crippen LogP contribution is 2.29. The van der Waals surface area contributed by atoms with Crippen molar-refractivity contribution in [3.05, 3.63) is 45.6 Å². The highest BCUT2D eigenvalue weighted by atomic mass is 19.1. The smallest absolute Gasteiger partial charge is 0.256 e. The van der Waals surface area contributed by atoms with Gasteiger partial charge in [-0.2, -0.15) is 0 Å². The summed E-state index contributed by atoms with van der Waals surface area (Å²) in [6.07, 6.45) is 0.641. The normalized spacial score (nSPS) is 17.9. The van der Waals surface area contributed by atoms with Gasteiger partial charge in [0.25, 0.3) is 5.56 Å². The number of nitrogens with one attached hydrogen (secondary N) is 2. The Balaban J connectivity index is 2.09. The first-order valence-corrected chi connectivity index (χ1v) is 6.97. The first kappa shape index (κ1) is 14.2. The molecule has 1 aliphatic heterocycles. The van der Waals surface area contributed by atoms with Crippen molar-refractivity contribution in [2.75, 3.05) is 19.8 Å². The van der Waals surface area contributed by atoms with Crippen LogP contribution in [-0.2, 0) is 11.3 Å². The third-order valence-corrected chi connectivity index (χ3v) is 3.71. The average Bonchev–Trinajstić information content (AvgIpc) is 2.48. The van der Waals surface area contributed by atoms with Crippen LogP contribution in [0.3, 0.4) is 0 Å². The topological polar surface area (TPSA) is 74.4 Å². The summed E-state index contributed by atoms with van der Waals surface area (Å²) in [4.78, 5) is 14.8. The van der Waals surface area contributed by atoms with E-state index in [0.29, 0.717) is 31.6 Å². The molecule has 0 saturated heterocycles. The molecule has 2 heterocycles. The van der Waals surface area contributed by atoms with Gasteiger partial charge >= 0.3 is 0 Å². The molecular formula is C15H17FN2O3. The number of H-pyrrole nitrogens is 1. The standard InChI is InChI=1S/C15H17FN2O3/c16-9-2-3-10-11(6-9)15(20)18-13-8-21-7-12(14(10)13)17-4-1-5-19/h2-3,6,12,17,19H,1,4-5,7-8H2,(H,18,20). The summed E-state index contributed by atoms with van der Waals surface area (Å²) in [6.45, 7) is 1.59. The number of pyridine rings is 1. The number of fused-ring (bicyclic) bond motifs is 3. The largest absolute Gasteiger partial charge is 0.396 e. The number of ether oxygens (including phenoxy) is 1. The lowest BCUT2D eigenvalue weighted by Gasteiger charge is -2.27. The molecule has 0 radical (unpaired) electrons. The molecule has 0 fully saturated rings. The SMILES string of the molecule is O=c1[nH]c2c(c3ccc(F)cc13)C(NCCCO)COC2. The summed E-state index contributed by atoms with van der Waals surface area (Å²) in [7, 11) is 0. The molecule has 5 nitrogen and oxygen atoms in total. The van der Waals surface area contributed by atoms with E-state index in [0.717, 1.165) is 16.6 Å². The second-order valence-electron chi connectivity index (χ2n) is 5.14. The van der Waals surface area contributed by atoms with E-state index in [1.54, 1.807) is 6.07 Å². The maximum absolute atomic E-state index is 13.4. The molecule has 1 unspecified atom stereocenters. The molecule has 0 bridgehead atoms. The van der Waals surface area contributed by atoms with Gasteiger partial charge in [-0.15, -0.1) is 0 Å². The monoisotopic (exact) mass is 292 g/mol. The van der Waals surface area contributed by atoms with E-state index < -0.39 is 5.82 Å². The van der Waals surface area contributed by atoms with Crippen LogP contribution >= 0.6 is 0 Å². The van der Waals surface area contributed by atoms with Gasteiger partial charge in [0.2, 0.25) is 0 Å². The summed E-state index contributed by atoms with van der Waals surface area (Å²) in [5.74, 6) is -0.426. The summed E-state index contributed by atoms with van der Waals surface area (Å²) in [5, 5.41) is 13.3. The number of aliphatic hydroxyl groups is 1. The van der Waals surface area contributed by atoms with Gasteiger partial charge in [0.05, 0.1) is 24.6 Å². The van der Waals surface area contributed by atoms with Crippen LogP contribution in [0.5, 0.6) is 0 Å². The minimum atomic E-state index is -0.426. The van der Waals surface area contributed by atoms with Gasteiger partial charge in [-0.25, -0.2) is 4.39 Å². The van der Waals surface area contributed by atoms with Crippen LogP contribution in [0.25, 0.3) is 10.8 Å². The third-order valence-electron chi connectivity index (χ3n) is 3.71. The van der Waals surface area contributed by atoms with Crippen LogP contribution in [0.15, 0.2) is 23.0 Å². The Morgan fingerprint density at radius 1 is 1.43 bits per heavy atom. The Bertz CT molecular complexity index is 714. The molecule has 3 N–H and O–H groups in total. The molecule has 0 amide bonds. The lowest BCUT2D eigenvalue weighted by Crippen LogP contribution is -2.33. The van der Waals surface area contributed by atoms with Crippen molar-refractivity contribution in [3.8, 4) is 0 Å². The first-order chi connectivity index (χ1) is 10.2. The zero-order valence-corrected chi connectivity index (χ0v) is 11.5. The van der Waals surface area contributed by atoms with E-state index >= 15 is 0 Å². The van der Waals surface area contributed by atoms with E-state index in [9.17, 15) is 9.18 Å². The molecule has 21 heavy (non-hydrogen) atoms. The molecule has 1 aromatic heterocycles. The van der Waals surface area contributed by atoms with Gasteiger partial charge in [0, 0.05) is 17.9 Å². The van der Waals surface area contributed by atoms with E-state index in [2.05, 4.69) is 10.3 Å². The maximum Gasteiger partial charge on any atom is 0.256 e. The molecule has 1 aliphatic rings. The maximum atomic E-state index is 13.4. The Labute approximate surface area is 120 Å². The van der Waals surface area contributed by atoms with E-state index in [1.807, 2.05) is 0 Å². The molecule has 0 spiro atoms. The van der Waals surface area contributed by atoms with Crippen LogP contribution < -0.4 is 10.9 Å². The molecule has 0 saturated carbocycles. The van der Waals surface area contributed by atoms with Crippen LogP contribution in [0.2, 0.25) is 0 Å². The second kappa shape index (κ2) is 5.93. The first-order valence-electron chi connectivity index (χ1n) is 6.97. The van der Waals surface area contributed by atoms with Gasteiger partial charge in [-0.3, -0.25) is 4.79 Å². The number of aromatic amines is 1. The third kappa shape index (κ3) is 2.70. The zero-order chi connectivity index (χ0) is 14.8. The minimum absolute atomic E-state index is 0.0786. The molecule has 1 aromatic carbocycles. The van der Waals surface area contributed by atoms with E-state index in [4.69, 9.17) is 9.84 Å². The molecule has 112 valence electrons.